The number of hydrogen-bond donors (Lipinski definition) is 1. The number of amides is 1. The lowest BCUT2D eigenvalue weighted by Crippen LogP contribution is -2.47. The fourth-order valence-corrected chi connectivity index (χ4v) is 4.27. The van der Waals surface area contributed by atoms with E-state index in [9.17, 15) is 4.79 Å². The highest BCUT2D eigenvalue weighted by Gasteiger charge is 2.36. The summed E-state index contributed by atoms with van der Waals surface area (Å²) in [6.07, 6.45) is 1.35. The van der Waals surface area contributed by atoms with Crippen LogP contribution in [0.3, 0.4) is 0 Å². The average molecular weight is 451 g/mol. The van der Waals surface area contributed by atoms with Gasteiger partial charge in [0.2, 0.25) is 0 Å². The Hall–Kier alpha value is -2.51. The van der Waals surface area contributed by atoms with Crippen LogP contribution in [0.4, 0.5) is 10.5 Å². The zero-order valence-electron chi connectivity index (χ0n) is 20.3. The molecule has 0 bridgehead atoms. The van der Waals surface area contributed by atoms with Gasteiger partial charge in [-0.3, -0.25) is 5.32 Å². The summed E-state index contributed by atoms with van der Waals surface area (Å²) in [6.45, 7) is 11.6. The molecule has 0 spiro atoms. The minimum Gasteiger partial charge on any atom is -0.491 e. The van der Waals surface area contributed by atoms with Crippen molar-refractivity contribution in [2.24, 2.45) is 5.41 Å². The lowest BCUT2D eigenvalue weighted by atomic mass is 9.73. The Morgan fingerprint density at radius 2 is 1.82 bits per heavy atom. The molecule has 1 unspecified atom stereocenters. The third-order valence-corrected chi connectivity index (χ3v) is 5.76. The van der Waals surface area contributed by atoms with Crippen LogP contribution < -0.4 is 15.5 Å². The standard InChI is InChI=1S/C26H34BNO5/c1-25(2,3)33-24(29)28-22-15-19(27-31-16-26(4,5)17-32-27)14-21-20(12-9-13-30-23(21)22)18-10-7-6-8-11-18/h6-8,10-11,14-15,20H,9,12-13,16-17H2,1-5H3,(H,28,29). The van der Waals surface area contributed by atoms with E-state index in [-0.39, 0.29) is 11.3 Å². The number of benzene rings is 2. The van der Waals surface area contributed by atoms with Gasteiger partial charge < -0.3 is 18.8 Å². The van der Waals surface area contributed by atoms with Crippen molar-refractivity contribution in [1.82, 2.24) is 0 Å². The van der Waals surface area contributed by atoms with Gasteiger partial charge >= 0.3 is 13.2 Å². The normalized spacial score (nSPS) is 20.3. The molecule has 2 aromatic carbocycles. The van der Waals surface area contributed by atoms with E-state index < -0.39 is 18.8 Å². The number of ether oxygens (including phenoxy) is 2. The number of fused-ring (bicyclic) bond motifs is 1. The lowest BCUT2D eigenvalue weighted by molar-refractivity contribution is 0.0343. The van der Waals surface area contributed by atoms with Gasteiger partial charge in [-0.1, -0.05) is 50.2 Å². The molecule has 0 aliphatic carbocycles. The highest BCUT2D eigenvalue weighted by atomic mass is 16.6. The van der Waals surface area contributed by atoms with Crippen LogP contribution in [0.2, 0.25) is 0 Å². The first-order valence-electron chi connectivity index (χ1n) is 11.7. The molecule has 4 rings (SSSR count). The number of carbonyl (C=O) groups is 1. The summed E-state index contributed by atoms with van der Waals surface area (Å²) in [6, 6.07) is 14.4. The van der Waals surface area contributed by atoms with Gasteiger partial charge in [0.25, 0.3) is 0 Å². The van der Waals surface area contributed by atoms with E-state index in [2.05, 4.69) is 49.5 Å². The predicted molar refractivity (Wildman–Crippen MR) is 130 cm³/mol. The Morgan fingerprint density at radius 3 is 2.48 bits per heavy atom. The topological polar surface area (TPSA) is 66.0 Å². The van der Waals surface area contributed by atoms with Crippen molar-refractivity contribution in [3.8, 4) is 5.75 Å². The van der Waals surface area contributed by atoms with Crippen LogP contribution in [0.25, 0.3) is 0 Å². The van der Waals surface area contributed by atoms with Gasteiger partial charge in [0, 0.05) is 30.1 Å². The second-order valence-corrected chi connectivity index (χ2v) is 10.7. The maximum atomic E-state index is 12.7. The fraction of sp³-hybridized carbons (Fsp3) is 0.500. The smallest absolute Gasteiger partial charge is 0.491 e. The van der Waals surface area contributed by atoms with Crippen molar-refractivity contribution in [1.29, 1.82) is 0 Å². The molecule has 2 aliphatic rings. The SMILES string of the molecule is CC1(C)COB(c2cc(NC(=O)OC(C)(C)C)c3c(c2)C(c2ccccc2)CCCO3)OC1. The number of carbonyl (C=O) groups excluding carboxylic acids is 1. The molecule has 176 valence electrons. The zero-order valence-corrected chi connectivity index (χ0v) is 20.3. The lowest BCUT2D eigenvalue weighted by Gasteiger charge is -2.33. The van der Waals surface area contributed by atoms with E-state index in [1.807, 2.05) is 32.9 Å². The van der Waals surface area contributed by atoms with Gasteiger partial charge in [0.1, 0.15) is 11.4 Å². The van der Waals surface area contributed by atoms with E-state index in [1.165, 1.54) is 5.56 Å². The first-order valence-corrected chi connectivity index (χ1v) is 11.7. The first-order chi connectivity index (χ1) is 15.6. The molecule has 0 aromatic heterocycles. The van der Waals surface area contributed by atoms with Gasteiger partial charge in [0.15, 0.2) is 0 Å². The van der Waals surface area contributed by atoms with Crippen molar-refractivity contribution in [2.45, 2.75) is 59.0 Å². The molecule has 1 fully saturated rings. The second-order valence-electron chi connectivity index (χ2n) is 10.7. The third-order valence-electron chi connectivity index (χ3n) is 5.76. The molecule has 1 saturated heterocycles. The van der Waals surface area contributed by atoms with Crippen LogP contribution in [0.1, 0.15) is 64.5 Å². The minimum atomic E-state index is -0.604. The summed E-state index contributed by atoms with van der Waals surface area (Å²) in [5.74, 6) is 0.829. The molecule has 1 amide bonds. The third kappa shape index (κ3) is 5.90. The van der Waals surface area contributed by atoms with Gasteiger partial charge in [-0.25, -0.2) is 4.79 Å². The van der Waals surface area contributed by atoms with Gasteiger partial charge in [-0.05, 0) is 50.7 Å². The van der Waals surface area contributed by atoms with E-state index in [0.29, 0.717) is 31.3 Å². The molecule has 1 N–H and O–H groups in total. The van der Waals surface area contributed by atoms with Gasteiger partial charge in [-0.15, -0.1) is 0 Å². The van der Waals surface area contributed by atoms with E-state index in [1.54, 1.807) is 0 Å². The Labute approximate surface area is 197 Å². The molecular formula is C26H34BNO5. The molecule has 6 nitrogen and oxygen atoms in total. The number of nitrogens with one attached hydrogen (secondary N) is 1. The highest BCUT2D eigenvalue weighted by molar-refractivity contribution is 6.61. The molecule has 0 radical (unpaired) electrons. The molecule has 0 saturated carbocycles. The zero-order chi connectivity index (χ0) is 23.6. The largest absolute Gasteiger partial charge is 0.493 e. The first kappa shape index (κ1) is 23.6. The van der Waals surface area contributed by atoms with Gasteiger partial charge in [-0.2, -0.15) is 0 Å². The van der Waals surface area contributed by atoms with E-state index >= 15 is 0 Å². The van der Waals surface area contributed by atoms with Crippen LogP contribution in [0, 0.1) is 5.41 Å². The van der Waals surface area contributed by atoms with Gasteiger partial charge in [0.05, 0.1) is 12.3 Å². The summed E-state index contributed by atoms with van der Waals surface area (Å²) in [5, 5.41) is 2.92. The Morgan fingerprint density at radius 1 is 1.12 bits per heavy atom. The maximum absolute atomic E-state index is 12.7. The number of hydrogen-bond acceptors (Lipinski definition) is 5. The minimum absolute atomic E-state index is 0.0323. The van der Waals surface area contributed by atoms with Crippen LogP contribution in [-0.2, 0) is 14.0 Å². The van der Waals surface area contributed by atoms with E-state index in [0.717, 1.165) is 23.9 Å². The number of anilines is 1. The number of rotatable bonds is 3. The molecule has 33 heavy (non-hydrogen) atoms. The quantitative estimate of drug-likeness (QED) is 0.658. The fourth-order valence-electron chi connectivity index (χ4n) is 4.27. The van der Waals surface area contributed by atoms with Crippen molar-refractivity contribution < 1.29 is 23.6 Å². The second kappa shape index (κ2) is 9.39. The highest BCUT2D eigenvalue weighted by Crippen LogP contribution is 2.41. The molecule has 2 aromatic rings. The molecule has 2 aliphatic heterocycles. The van der Waals surface area contributed by atoms with Crippen molar-refractivity contribution in [2.75, 3.05) is 25.1 Å². The summed E-state index contributed by atoms with van der Waals surface area (Å²) < 4.78 is 23.9. The van der Waals surface area contributed by atoms with Crippen molar-refractivity contribution >= 4 is 24.4 Å². The van der Waals surface area contributed by atoms with Crippen molar-refractivity contribution in [3.63, 3.8) is 0 Å². The Bertz CT molecular complexity index is 976. The van der Waals surface area contributed by atoms with E-state index in [4.69, 9.17) is 18.8 Å². The van der Waals surface area contributed by atoms with Crippen LogP contribution in [0.5, 0.6) is 5.75 Å². The molecule has 2 heterocycles. The maximum Gasteiger partial charge on any atom is 0.493 e. The summed E-state index contributed by atoms with van der Waals surface area (Å²) in [4.78, 5) is 12.7. The van der Waals surface area contributed by atoms with Crippen molar-refractivity contribution in [3.05, 3.63) is 53.6 Å². The van der Waals surface area contributed by atoms with Crippen LogP contribution in [-0.4, -0.2) is 38.6 Å². The monoisotopic (exact) mass is 451 g/mol. The Balaban J connectivity index is 1.75. The molecular weight excluding hydrogens is 417 g/mol. The van der Waals surface area contributed by atoms with Crippen LogP contribution >= 0.6 is 0 Å². The predicted octanol–water partition coefficient (Wildman–Crippen LogP) is 5.11. The summed E-state index contributed by atoms with van der Waals surface area (Å²) >= 11 is 0. The molecule has 7 heteroatoms. The summed E-state index contributed by atoms with van der Waals surface area (Å²) in [5.41, 5.74) is 3.05. The van der Waals surface area contributed by atoms with Crippen LogP contribution in [0.15, 0.2) is 42.5 Å². The Kier molecular flexibility index (Phi) is 6.73. The average Bonchev–Trinajstić information content (AvgIpc) is 2.96. The summed E-state index contributed by atoms with van der Waals surface area (Å²) in [7, 11) is -0.498. The molecule has 1 atom stereocenters.